The number of carbonyl (C=O) groups excluding carboxylic acids is 1. The second-order valence-electron chi connectivity index (χ2n) is 5.13. The maximum Gasteiger partial charge on any atom is 0.227 e. The van der Waals surface area contributed by atoms with E-state index in [0.717, 1.165) is 5.56 Å². The monoisotopic (exact) mass is 326 g/mol. The van der Waals surface area contributed by atoms with Crippen molar-refractivity contribution in [3.8, 4) is 11.4 Å². The van der Waals surface area contributed by atoms with Crippen LogP contribution in [0.3, 0.4) is 0 Å². The maximum atomic E-state index is 13.7. The molecule has 122 valence electrons. The number of amides is 1. The van der Waals surface area contributed by atoms with E-state index in [1.165, 1.54) is 6.07 Å². The third kappa shape index (κ3) is 4.01. The number of aromatic nitrogens is 3. The molecule has 0 aliphatic heterocycles. The standard InChI is InChI=1S/C17H15FN4O2/c18-14-6-2-1-5-13(14)17-21-16(24-22-17)8-7-15(23)20-11-12-4-3-9-19-10-12/h1-6,9-10H,7-8,11H2,(H,20,23). The van der Waals surface area contributed by atoms with Crippen LogP contribution in [0.2, 0.25) is 0 Å². The van der Waals surface area contributed by atoms with Crippen LogP contribution < -0.4 is 5.32 Å². The molecule has 3 rings (SSSR count). The minimum atomic E-state index is -0.418. The summed E-state index contributed by atoms with van der Waals surface area (Å²) in [5.41, 5.74) is 1.19. The Bertz CT molecular complexity index is 820. The molecule has 0 fully saturated rings. The minimum Gasteiger partial charge on any atom is -0.352 e. The number of halogens is 1. The highest BCUT2D eigenvalue weighted by Gasteiger charge is 2.13. The summed E-state index contributed by atoms with van der Waals surface area (Å²) < 4.78 is 18.7. The molecule has 1 N–H and O–H groups in total. The number of nitrogens with zero attached hydrogens (tertiary/aromatic N) is 3. The van der Waals surface area contributed by atoms with Gasteiger partial charge in [-0.15, -0.1) is 0 Å². The zero-order valence-corrected chi connectivity index (χ0v) is 12.8. The molecule has 0 aliphatic carbocycles. The molecule has 0 bridgehead atoms. The summed E-state index contributed by atoms with van der Waals surface area (Å²) in [5.74, 6) is -0.0767. The molecule has 1 aromatic carbocycles. The van der Waals surface area contributed by atoms with Crippen LogP contribution in [-0.2, 0) is 17.8 Å². The van der Waals surface area contributed by atoms with Crippen molar-refractivity contribution >= 4 is 5.91 Å². The fourth-order valence-electron chi connectivity index (χ4n) is 2.12. The van der Waals surface area contributed by atoms with E-state index in [0.29, 0.717) is 18.9 Å². The molecule has 2 heterocycles. The molecule has 0 spiro atoms. The van der Waals surface area contributed by atoms with E-state index in [1.54, 1.807) is 30.6 Å². The van der Waals surface area contributed by atoms with Gasteiger partial charge < -0.3 is 9.84 Å². The zero-order chi connectivity index (χ0) is 16.8. The lowest BCUT2D eigenvalue weighted by molar-refractivity contribution is -0.121. The second kappa shape index (κ2) is 7.45. The Kier molecular flexibility index (Phi) is 4.90. The Morgan fingerprint density at radius 3 is 2.88 bits per heavy atom. The van der Waals surface area contributed by atoms with Gasteiger partial charge in [0.25, 0.3) is 0 Å². The molecule has 1 amide bonds. The molecule has 3 aromatic rings. The Hall–Kier alpha value is -3.09. The zero-order valence-electron chi connectivity index (χ0n) is 12.8. The van der Waals surface area contributed by atoms with Crippen LogP contribution in [0.4, 0.5) is 4.39 Å². The highest BCUT2D eigenvalue weighted by Crippen LogP contribution is 2.19. The van der Waals surface area contributed by atoms with Crippen LogP contribution in [0.1, 0.15) is 17.9 Å². The van der Waals surface area contributed by atoms with E-state index >= 15 is 0 Å². The average Bonchev–Trinajstić information content (AvgIpc) is 3.08. The van der Waals surface area contributed by atoms with Gasteiger partial charge >= 0.3 is 0 Å². The Morgan fingerprint density at radius 1 is 1.21 bits per heavy atom. The smallest absolute Gasteiger partial charge is 0.227 e. The largest absolute Gasteiger partial charge is 0.352 e. The summed E-state index contributed by atoms with van der Waals surface area (Å²) in [7, 11) is 0. The van der Waals surface area contributed by atoms with E-state index in [1.807, 2.05) is 12.1 Å². The van der Waals surface area contributed by atoms with Gasteiger partial charge in [0, 0.05) is 31.8 Å². The summed E-state index contributed by atoms with van der Waals surface area (Å²) in [6.07, 6.45) is 3.87. The van der Waals surface area contributed by atoms with E-state index < -0.39 is 5.82 Å². The van der Waals surface area contributed by atoms with Gasteiger partial charge in [0.1, 0.15) is 5.82 Å². The van der Waals surface area contributed by atoms with Crippen molar-refractivity contribution in [2.75, 3.05) is 0 Å². The van der Waals surface area contributed by atoms with Gasteiger partial charge in [-0.3, -0.25) is 9.78 Å². The fraction of sp³-hybridized carbons (Fsp3) is 0.176. The summed E-state index contributed by atoms with van der Waals surface area (Å²) in [5, 5.41) is 6.54. The maximum absolute atomic E-state index is 13.7. The van der Waals surface area contributed by atoms with Gasteiger partial charge in [0.2, 0.25) is 17.6 Å². The first-order valence-electron chi connectivity index (χ1n) is 7.45. The van der Waals surface area contributed by atoms with Gasteiger partial charge in [-0.05, 0) is 23.8 Å². The van der Waals surface area contributed by atoms with E-state index in [-0.39, 0.29) is 23.7 Å². The molecule has 0 saturated heterocycles. The number of hydrogen-bond donors (Lipinski definition) is 1. The normalized spacial score (nSPS) is 10.5. The Balaban J connectivity index is 1.52. The number of nitrogens with one attached hydrogen (secondary N) is 1. The third-order valence-electron chi connectivity index (χ3n) is 3.36. The minimum absolute atomic E-state index is 0.135. The molecule has 0 unspecified atom stereocenters. The van der Waals surface area contributed by atoms with Crippen LogP contribution >= 0.6 is 0 Å². The predicted octanol–water partition coefficient (Wildman–Crippen LogP) is 2.52. The molecular formula is C17H15FN4O2. The molecule has 0 atom stereocenters. The van der Waals surface area contributed by atoms with Crippen molar-refractivity contribution in [1.82, 2.24) is 20.4 Å². The molecule has 6 nitrogen and oxygen atoms in total. The van der Waals surface area contributed by atoms with Crippen LogP contribution in [0.25, 0.3) is 11.4 Å². The fourth-order valence-corrected chi connectivity index (χ4v) is 2.12. The van der Waals surface area contributed by atoms with E-state index in [2.05, 4.69) is 20.4 Å². The Labute approximate surface area is 137 Å². The van der Waals surface area contributed by atoms with Gasteiger partial charge in [-0.25, -0.2) is 4.39 Å². The molecular weight excluding hydrogens is 311 g/mol. The number of carbonyl (C=O) groups is 1. The molecule has 7 heteroatoms. The quantitative estimate of drug-likeness (QED) is 0.753. The van der Waals surface area contributed by atoms with Gasteiger partial charge in [0.05, 0.1) is 5.56 Å². The summed E-state index contributed by atoms with van der Waals surface area (Å²) in [4.78, 5) is 19.9. The van der Waals surface area contributed by atoms with E-state index in [4.69, 9.17) is 4.52 Å². The van der Waals surface area contributed by atoms with Gasteiger partial charge in [-0.1, -0.05) is 23.4 Å². The predicted molar refractivity (Wildman–Crippen MR) is 84.1 cm³/mol. The highest BCUT2D eigenvalue weighted by atomic mass is 19.1. The van der Waals surface area contributed by atoms with Gasteiger partial charge in [0.15, 0.2) is 0 Å². The first kappa shape index (κ1) is 15.8. The SMILES string of the molecule is O=C(CCc1nc(-c2ccccc2F)no1)NCc1cccnc1. The molecule has 24 heavy (non-hydrogen) atoms. The van der Waals surface area contributed by atoms with E-state index in [9.17, 15) is 9.18 Å². The molecule has 0 radical (unpaired) electrons. The van der Waals surface area contributed by atoms with Crippen molar-refractivity contribution in [3.63, 3.8) is 0 Å². The van der Waals surface area contributed by atoms with Crippen LogP contribution in [-0.4, -0.2) is 21.0 Å². The molecule has 0 saturated carbocycles. The number of hydrogen-bond acceptors (Lipinski definition) is 5. The third-order valence-corrected chi connectivity index (χ3v) is 3.36. The lowest BCUT2D eigenvalue weighted by atomic mass is 10.2. The number of benzene rings is 1. The van der Waals surface area contributed by atoms with Crippen LogP contribution in [0.15, 0.2) is 53.3 Å². The van der Waals surface area contributed by atoms with Crippen LogP contribution in [0, 0.1) is 5.82 Å². The first-order chi connectivity index (χ1) is 11.7. The highest BCUT2D eigenvalue weighted by molar-refractivity contribution is 5.76. The summed E-state index contributed by atoms with van der Waals surface area (Å²) >= 11 is 0. The topological polar surface area (TPSA) is 80.9 Å². The average molecular weight is 326 g/mol. The number of rotatable bonds is 6. The summed E-state index contributed by atoms with van der Waals surface area (Å²) in [6.45, 7) is 0.414. The van der Waals surface area contributed by atoms with Crippen molar-refractivity contribution < 1.29 is 13.7 Å². The number of pyridine rings is 1. The van der Waals surface area contributed by atoms with Crippen molar-refractivity contribution in [1.29, 1.82) is 0 Å². The van der Waals surface area contributed by atoms with Gasteiger partial charge in [-0.2, -0.15) is 4.98 Å². The van der Waals surface area contributed by atoms with Crippen molar-refractivity contribution in [3.05, 3.63) is 66.1 Å². The molecule has 0 aliphatic rings. The Morgan fingerprint density at radius 2 is 2.08 bits per heavy atom. The van der Waals surface area contributed by atoms with Crippen molar-refractivity contribution in [2.45, 2.75) is 19.4 Å². The second-order valence-corrected chi connectivity index (χ2v) is 5.13. The summed E-state index contributed by atoms with van der Waals surface area (Å²) in [6, 6.07) is 9.88. The lowest BCUT2D eigenvalue weighted by Gasteiger charge is -2.03. The van der Waals surface area contributed by atoms with Crippen LogP contribution in [0.5, 0.6) is 0 Å². The van der Waals surface area contributed by atoms with Crippen molar-refractivity contribution in [2.24, 2.45) is 0 Å². The number of aryl methyl sites for hydroxylation is 1. The first-order valence-corrected chi connectivity index (χ1v) is 7.45. The molecule has 2 aromatic heterocycles. The lowest BCUT2D eigenvalue weighted by Crippen LogP contribution is -2.23.